The van der Waals surface area contributed by atoms with Crippen LogP contribution in [0.5, 0.6) is 0 Å². The first-order valence-electron chi connectivity index (χ1n) is 6.69. The Kier molecular flexibility index (Phi) is 4.71. The fourth-order valence-electron chi connectivity index (χ4n) is 1.98. The van der Waals surface area contributed by atoms with Crippen molar-refractivity contribution in [1.29, 1.82) is 0 Å². The first kappa shape index (κ1) is 14.1. The number of H-pyrrole nitrogens is 1. The Morgan fingerprint density at radius 2 is 1.90 bits per heavy atom. The second-order valence-corrected chi connectivity index (χ2v) is 4.81. The standard InChI is InChI=1S/C16H18N2O2/c1-12(9-10-13-6-3-2-4-7-13)18-16(20)15(19)14-8-5-11-17-14/h2-8,11-12,17H,9-10H2,1H3,(H,18,20)/t12-/m1/s1. The highest BCUT2D eigenvalue weighted by Crippen LogP contribution is 2.05. The average Bonchev–Trinajstić information content (AvgIpc) is 2.99. The molecule has 1 amide bonds. The summed E-state index contributed by atoms with van der Waals surface area (Å²) in [4.78, 5) is 26.3. The van der Waals surface area contributed by atoms with Gasteiger partial charge in [-0.15, -0.1) is 0 Å². The molecule has 0 bridgehead atoms. The summed E-state index contributed by atoms with van der Waals surface area (Å²) in [5.41, 5.74) is 1.54. The van der Waals surface area contributed by atoms with E-state index < -0.39 is 11.7 Å². The predicted molar refractivity (Wildman–Crippen MR) is 77.5 cm³/mol. The predicted octanol–water partition coefficient (Wildman–Crippen LogP) is 2.33. The van der Waals surface area contributed by atoms with Crippen LogP contribution in [0.3, 0.4) is 0 Å². The summed E-state index contributed by atoms with van der Waals surface area (Å²) < 4.78 is 0. The Morgan fingerprint density at radius 1 is 1.15 bits per heavy atom. The fraction of sp³-hybridized carbons (Fsp3) is 0.250. The lowest BCUT2D eigenvalue weighted by atomic mass is 10.1. The number of carbonyl (C=O) groups is 2. The van der Waals surface area contributed by atoms with Crippen molar-refractivity contribution in [3.05, 3.63) is 59.9 Å². The molecule has 0 aliphatic rings. The number of aromatic nitrogens is 1. The molecule has 2 aromatic rings. The zero-order valence-electron chi connectivity index (χ0n) is 11.4. The van der Waals surface area contributed by atoms with E-state index in [1.807, 2.05) is 25.1 Å². The Hall–Kier alpha value is -2.36. The summed E-state index contributed by atoms with van der Waals surface area (Å²) in [6.45, 7) is 1.91. The number of rotatable bonds is 6. The molecule has 4 heteroatoms. The van der Waals surface area contributed by atoms with Gasteiger partial charge in [0.15, 0.2) is 0 Å². The number of amides is 1. The molecule has 104 valence electrons. The summed E-state index contributed by atoms with van der Waals surface area (Å²) in [5, 5.41) is 2.73. The number of aromatic amines is 1. The minimum Gasteiger partial charge on any atom is -0.358 e. The van der Waals surface area contributed by atoms with Gasteiger partial charge in [-0.2, -0.15) is 0 Å². The highest BCUT2D eigenvalue weighted by Gasteiger charge is 2.18. The van der Waals surface area contributed by atoms with Crippen molar-refractivity contribution < 1.29 is 9.59 Å². The van der Waals surface area contributed by atoms with E-state index in [-0.39, 0.29) is 6.04 Å². The number of benzene rings is 1. The van der Waals surface area contributed by atoms with Crippen LogP contribution in [0.1, 0.15) is 29.4 Å². The van der Waals surface area contributed by atoms with E-state index in [4.69, 9.17) is 0 Å². The molecule has 0 aliphatic heterocycles. The van der Waals surface area contributed by atoms with Gasteiger partial charge in [0.2, 0.25) is 0 Å². The smallest absolute Gasteiger partial charge is 0.294 e. The third-order valence-electron chi connectivity index (χ3n) is 3.14. The second-order valence-electron chi connectivity index (χ2n) is 4.81. The first-order valence-corrected chi connectivity index (χ1v) is 6.69. The lowest BCUT2D eigenvalue weighted by Gasteiger charge is -2.13. The third kappa shape index (κ3) is 3.82. The lowest BCUT2D eigenvalue weighted by Crippen LogP contribution is -2.38. The maximum absolute atomic E-state index is 11.8. The number of carbonyl (C=O) groups excluding carboxylic acids is 2. The summed E-state index contributed by atoms with van der Waals surface area (Å²) in [5.74, 6) is -1.09. The Bertz CT molecular complexity index is 561. The van der Waals surface area contributed by atoms with Gasteiger partial charge in [0, 0.05) is 12.2 Å². The van der Waals surface area contributed by atoms with Crippen LogP contribution in [0, 0.1) is 0 Å². The number of ketones is 1. The van der Waals surface area contributed by atoms with E-state index in [1.54, 1.807) is 18.3 Å². The zero-order valence-corrected chi connectivity index (χ0v) is 11.4. The molecular formula is C16H18N2O2. The Morgan fingerprint density at radius 3 is 2.55 bits per heavy atom. The molecule has 20 heavy (non-hydrogen) atoms. The third-order valence-corrected chi connectivity index (χ3v) is 3.14. The fourth-order valence-corrected chi connectivity index (χ4v) is 1.98. The van der Waals surface area contributed by atoms with Crippen molar-refractivity contribution >= 4 is 11.7 Å². The van der Waals surface area contributed by atoms with Gasteiger partial charge in [-0.05, 0) is 37.5 Å². The zero-order chi connectivity index (χ0) is 14.4. The number of aryl methyl sites for hydroxylation is 1. The van der Waals surface area contributed by atoms with Gasteiger partial charge in [0.1, 0.15) is 0 Å². The van der Waals surface area contributed by atoms with Crippen LogP contribution in [0.2, 0.25) is 0 Å². The van der Waals surface area contributed by atoms with Crippen LogP contribution < -0.4 is 5.32 Å². The average molecular weight is 270 g/mol. The largest absolute Gasteiger partial charge is 0.358 e. The van der Waals surface area contributed by atoms with Crippen molar-refractivity contribution in [2.45, 2.75) is 25.8 Å². The summed E-state index contributed by atoms with van der Waals surface area (Å²) in [6.07, 6.45) is 3.30. The van der Waals surface area contributed by atoms with Crippen molar-refractivity contribution in [2.24, 2.45) is 0 Å². The SMILES string of the molecule is C[C@H](CCc1ccccc1)NC(=O)C(=O)c1ccc[nH]1. The molecule has 1 heterocycles. The molecule has 2 N–H and O–H groups in total. The molecule has 0 saturated heterocycles. The number of hydrogen-bond donors (Lipinski definition) is 2. The molecule has 1 aromatic heterocycles. The minimum absolute atomic E-state index is 0.0402. The van der Waals surface area contributed by atoms with Crippen molar-refractivity contribution in [3.8, 4) is 0 Å². The van der Waals surface area contributed by atoms with Crippen LogP contribution in [-0.2, 0) is 11.2 Å². The van der Waals surface area contributed by atoms with Crippen LogP contribution in [0.4, 0.5) is 0 Å². The monoisotopic (exact) mass is 270 g/mol. The van der Waals surface area contributed by atoms with E-state index in [9.17, 15) is 9.59 Å². The molecule has 2 rings (SSSR count). The molecule has 4 nitrogen and oxygen atoms in total. The number of Topliss-reactive ketones (excluding diaryl/α,β-unsaturated/α-hetero) is 1. The van der Waals surface area contributed by atoms with E-state index >= 15 is 0 Å². The highest BCUT2D eigenvalue weighted by molar-refractivity contribution is 6.42. The van der Waals surface area contributed by atoms with Crippen molar-refractivity contribution in [3.63, 3.8) is 0 Å². The van der Waals surface area contributed by atoms with E-state index in [2.05, 4.69) is 22.4 Å². The Labute approximate surface area is 118 Å². The molecule has 0 unspecified atom stereocenters. The van der Waals surface area contributed by atoms with Gasteiger partial charge < -0.3 is 10.3 Å². The van der Waals surface area contributed by atoms with Gasteiger partial charge in [-0.25, -0.2) is 0 Å². The Balaban J connectivity index is 1.81. The molecule has 1 atom stereocenters. The van der Waals surface area contributed by atoms with Crippen molar-refractivity contribution in [1.82, 2.24) is 10.3 Å². The summed E-state index contributed by atoms with van der Waals surface area (Å²) >= 11 is 0. The molecule has 0 aliphatic carbocycles. The van der Waals surface area contributed by atoms with Crippen LogP contribution in [-0.4, -0.2) is 22.7 Å². The summed E-state index contributed by atoms with van der Waals surface area (Å²) in [6, 6.07) is 13.3. The van der Waals surface area contributed by atoms with E-state index in [0.29, 0.717) is 5.69 Å². The number of nitrogens with one attached hydrogen (secondary N) is 2. The van der Waals surface area contributed by atoms with Gasteiger partial charge >= 0.3 is 0 Å². The van der Waals surface area contributed by atoms with E-state index in [0.717, 1.165) is 12.8 Å². The highest BCUT2D eigenvalue weighted by atomic mass is 16.2. The van der Waals surface area contributed by atoms with Gasteiger partial charge in [0.05, 0.1) is 5.69 Å². The molecular weight excluding hydrogens is 252 g/mol. The maximum atomic E-state index is 11.8. The molecule has 0 spiro atoms. The van der Waals surface area contributed by atoms with Crippen LogP contribution >= 0.6 is 0 Å². The van der Waals surface area contributed by atoms with Crippen LogP contribution in [0.15, 0.2) is 48.7 Å². The van der Waals surface area contributed by atoms with Gasteiger partial charge in [0.25, 0.3) is 11.7 Å². The molecule has 1 aromatic carbocycles. The quantitative estimate of drug-likeness (QED) is 0.625. The molecule has 0 saturated carbocycles. The molecule has 0 radical (unpaired) electrons. The second kappa shape index (κ2) is 6.70. The summed E-state index contributed by atoms with van der Waals surface area (Å²) in [7, 11) is 0. The number of hydrogen-bond acceptors (Lipinski definition) is 2. The first-order chi connectivity index (χ1) is 9.66. The van der Waals surface area contributed by atoms with Gasteiger partial charge in [-0.3, -0.25) is 9.59 Å². The van der Waals surface area contributed by atoms with Gasteiger partial charge in [-0.1, -0.05) is 30.3 Å². The minimum atomic E-state index is -0.562. The normalized spacial score (nSPS) is 11.8. The molecule has 0 fully saturated rings. The topological polar surface area (TPSA) is 62.0 Å². The van der Waals surface area contributed by atoms with E-state index in [1.165, 1.54) is 5.56 Å². The van der Waals surface area contributed by atoms with Crippen LogP contribution in [0.25, 0.3) is 0 Å². The lowest BCUT2D eigenvalue weighted by molar-refractivity contribution is -0.117. The maximum Gasteiger partial charge on any atom is 0.294 e. The van der Waals surface area contributed by atoms with Crippen molar-refractivity contribution in [2.75, 3.05) is 0 Å².